The lowest BCUT2D eigenvalue weighted by Gasteiger charge is -1.84. The predicted molar refractivity (Wildman–Crippen MR) is 30.1 cm³/mol. The van der Waals surface area contributed by atoms with Gasteiger partial charge in [0.1, 0.15) is 0 Å². The van der Waals surface area contributed by atoms with Crippen LogP contribution in [0.2, 0.25) is 0 Å². The van der Waals surface area contributed by atoms with E-state index in [1.165, 1.54) is 6.92 Å². The molecule has 0 N–H and O–H groups in total. The number of ketones is 1. The number of Topliss-reactive ketones (excluding diaryl/α,β-unsaturated/α-hetero) is 1. The van der Waals surface area contributed by atoms with E-state index in [1.807, 2.05) is 0 Å². The van der Waals surface area contributed by atoms with Crippen molar-refractivity contribution in [1.29, 1.82) is 0 Å². The first-order valence-electron chi connectivity index (χ1n) is 2.56. The zero-order valence-corrected chi connectivity index (χ0v) is 5.26. The fraction of sp³-hybridized carbons (Fsp3) is 0.333. The van der Waals surface area contributed by atoms with Crippen molar-refractivity contribution in [3.63, 3.8) is 0 Å². The van der Waals surface area contributed by atoms with Crippen LogP contribution in [-0.4, -0.2) is 10.8 Å². The van der Waals surface area contributed by atoms with Crippen LogP contribution in [0, 0.1) is 13.3 Å². The lowest BCUT2D eigenvalue weighted by molar-refractivity contribution is 0.0986. The Morgan fingerprint density at radius 1 is 1.78 bits per heavy atom. The molecule has 0 saturated heterocycles. The zero-order valence-electron chi connectivity index (χ0n) is 5.26. The standard InChI is InChI=1S/C6H6NO2/c1-4-6(5(2)8)9-3-7-4/h1-2H3. The van der Waals surface area contributed by atoms with Crippen LogP contribution in [0.25, 0.3) is 0 Å². The summed E-state index contributed by atoms with van der Waals surface area (Å²) < 4.78 is 4.64. The van der Waals surface area contributed by atoms with E-state index < -0.39 is 0 Å². The monoisotopic (exact) mass is 124 g/mol. The van der Waals surface area contributed by atoms with Crippen molar-refractivity contribution in [3.05, 3.63) is 17.8 Å². The molecule has 1 aromatic heterocycles. The van der Waals surface area contributed by atoms with Gasteiger partial charge in [-0.1, -0.05) is 0 Å². The van der Waals surface area contributed by atoms with Crippen LogP contribution >= 0.6 is 0 Å². The van der Waals surface area contributed by atoms with Crippen molar-refractivity contribution in [3.8, 4) is 0 Å². The summed E-state index contributed by atoms with van der Waals surface area (Å²) >= 11 is 0. The Hall–Kier alpha value is -1.12. The second-order valence-corrected chi connectivity index (χ2v) is 1.78. The summed E-state index contributed by atoms with van der Waals surface area (Å²) in [7, 11) is 0. The van der Waals surface area contributed by atoms with Crippen LogP contribution in [0.15, 0.2) is 4.42 Å². The minimum Gasteiger partial charge on any atom is -0.429 e. The molecule has 1 rings (SSSR count). The van der Waals surface area contributed by atoms with Crippen molar-refractivity contribution in [2.45, 2.75) is 13.8 Å². The van der Waals surface area contributed by atoms with Crippen LogP contribution in [-0.2, 0) is 0 Å². The summed E-state index contributed by atoms with van der Waals surface area (Å²) in [6, 6.07) is 0. The molecule has 0 fully saturated rings. The van der Waals surface area contributed by atoms with E-state index in [0.29, 0.717) is 11.5 Å². The van der Waals surface area contributed by atoms with Crippen molar-refractivity contribution in [1.82, 2.24) is 4.98 Å². The molecule has 0 unspecified atom stereocenters. The number of nitrogens with zero attached hydrogens (tertiary/aromatic N) is 1. The zero-order chi connectivity index (χ0) is 6.85. The second-order valence-electron chi connectivity index (χ2n) is 1.78. The Morgan fingerprint density at radius 2 is 2.44 bits per heavy atom. The largest absolute Gasteiger partial charge is 0.429 e. The highest BCUT2D eigenvalue weighted by Gasteiger charge is 2.07. The second kappa shape index (κ2) is 2.01. The topological polar surface area (TPSA) is 43.1 Å². The quantitative estimate of drug-likeness (QED) is 0.524. The van der Waals surface area contributed by atoms with Crippen molar-refractivity contribution < 1.29 is 9.21 Å². The van der Waals surface area contributed by atoms with E-state index in [1.54, 1.807) is 6.92 Å². The van der Waals surface area contributed by atoms with Crippen molar-refractivity contribution in [2.24, 2.45) is 0 Å². The maximum Gasteiger partial charge on any atom is 0.284 e. The van der Waals surface area contributed by atoms with E-state index in [9.17, 15) is 4.79 Å². The summed E-state index contributed by atoms with van der Waals surface area (Å²) in [6.07, 6.45) is 2.23. The van der Waals surface area contributed by atoms with Crippen LogP contribution < -0.4 is 0 Å². The van der Waals surface area contributed by atoms with Gasteiger partial charge in [-0.15, -0.1) is 0 Å². The number of carbonyl (C=O) groups excluding carboxylic acids is 1. The maximum absolute atomic E-state index is 10.6. The third kappa shape index (κ3) is 0.988. The molecule has 1 aromatic rings. The highest BCUT2D eigenvalue weighted by molar-refractivity contribution is 5.92. The Morgan fingerprint density at radius 3 is 2.67 bits per heavy atom. The van der Waals surface area contributed by atoms with E-state index in [4.69, 9.17) is 0 Å². The first kappa shape index (κ1) is 6.01. The molecule has 0 bridgehead atoms. The van der Waals surface area contributed by atoms with E-state index in [-0.39, 0.29) is 5.78 Å². The molecule has 1 heterocycles. The highest BCUT2D eigenvalue weighted by Crippen LogP contribution is 2.03. The average molecular weight is 124 g/mol. The number of aryl methyl sites for hydroxylation is 1. The number of oxazole rings is 1. The number of rotatable bonds is 1. The summed E-state index contributed by atoms with van der Waals surface area (Å²) in [4.78, 5) is 14.2. The Bertz CT molecular complexity index is 227. The first-order valence-corrected chi connectivity index (χ1v) is 2.56. The first-order chi connectivity index (χ1) is 4.22. The molecular weight excluding hydrogens is 118 g/mol. The lowest BCUT2D eigenvalue weighted by Crippen LogP contribution is -1.90. The number of carbonyl (C=O) groups is 1. The normalized spacial score (nSPS) is 9.56. The minimum atomic E-state index is -0.110. The number of hydrogen-bond donors (Lipinski definition) is 0. The Labute approximate surface area is 52.7 Å². The predicted octanol–water partition coefficient (Wildman–Crippen LogP) is 0.986. The average Bonchev–Trinajstić information content (AvgIpc) is 2.13. The molecule has 0 aliphatic heterocycles. The summed E-state index contributed by atoms with van der Waals surface area (Å²) in [5, 5.41) is 0. The van der Waals surface area contributed by atoms with Gasteiger partial charge >= 0.3 is 0 Å². The molecule has 0 amide bonds. The smallest absolute Gasteiger partial charge is 0.284 e. The summed E-state index contributed by atoms with van der Waals surface area (Å²) in [6.45, 7) is 3.14. The Balaban J connectivity index is 3.08. The van der Waals surface area contributed by atoms with E-state index in [2.05, 4.69) is 15.8 Å². The SMILES string of the molecule is CC(=O)c1o[c]nc1C. The lowest BCUT2D eigenvalue weighted by atomic mass is 10.3. The molecule has 3 heteroatoms. The van der Waals surface area contributed by atoms with Crippen molar-refractivity contribution >= 4 is 5.78 Å². The van der Waals surface area contributed by atoms with Crippen LogP contribution in [0.1, 0.15) is 23.2 Å². The third-order valence-corrected chi connectivity index (χ3v) is 1.01. The van der Waals surface area contributed by atoms with E-state index in [0.717, 1.165) is 0 Å². The molecule has 0 saturated carbocycles. The van der Waals surface area contributed by atoms with Gasteiger partial charge in [0.05, 0.1) is 5.69 Å². The van der Waals surface area contributed by atoms with Gasteiger partial charge in [-0.3, -0.25) is 4.79 Å². The molecule has 47 valence electrons. The molecule has 0 aromatic carbocycles. The fourth-order valence-corrected chi connectivity index (χ4v) is 0.588. The van der Waals surface area contributed by atoms with Crippen LogP contribution in [0.3, 0.4) is 0 Å². The molecule has 1 radical (unpaired) electrons. The van der Waals surface area contributed by atoms with Gasteiger partial charge in [0, 0.05) is 6.92 Å². The van der Waals surface area contributed by atoms with Gasteiger partial charge in [-0.25, -0.2) is 4.98 Å². The number of aromatic nitrogens is 1. The van der Waals surface area contributed by atoms with Gasteiger partial charge in [-0.05, 0) is 6.92 Å². The van der Waals surface area contributed by atoms with Crippen LogP contribution in [0.4, 0.5) is 0 Å². The van der Waals surface area contributed by atoms with Gasteiger partial charge in [-0.2, -0.15) is 0 Å². The molecule has 0 spiro atoms. The van der Waals surface area contributed by atoms with Gasteiger partial charge < -0.3 is 4.42 Å². The number of hydrogen-bond acceptors (Lipinski definition) is 3. The van der Waals surface area contributed by atoms with Gasteiger partial charge in [0.25, 0.3) is 6.39 Å². The molecule has 0 atom stereocenters. The van der Waals surface area contributed by atoms with Gasteiger partial charge in [0.2, 0.25) is 0 Å². The summed E-state index contributed by atoms with van der Waals surface area (Å²) in [5.41, 5.74) is 0.600. The minimum absolute atomic E-state index is 0.110. The molecule has 3 nitrogen and oxygen atoms in total. The van der Waals surface area contributed by atoms with E-state index >= 15 is 0 Å². The fourth-order valence-electron chi connectivity index (χ4n) is 0.588. The molecule has 0 aliphatic rings. The van der Waals surface area contributed by atoms with Gasteiger partial charge in [0.15, 0.2) is 11.5 Å². The maximum atomic E-state index is 10.6. The molecule has 9 heavy (non-hydrogen) atoms. The van der Waals surface area contributed by atoms with Crippen LogP contribution in [0.5, 0.6) is 0 Å². The highest BCUT2D eigenvalue weighted by atomic mass is 16.3. The molecule has 0 aliphatic carbocycles. The third-order valence-electron chi connectivity index (χ3n) is 1.01. The Kier molecular flexibility index (Phi) is 1.34. The van der Waals surface area contributed by atoms with Crippen molar-refractivity contribution in [2.75, 3.05) is 0 Å². The summed E-state index contributed by atoms with van der Waals surface area (Å²) in [5.74, 6) is 0.191. The molecular formula is C6H6NO2.